The van der Waals surface area contributed by atoms with Crippen LogP contribution in [0.15, 0.2) is 12.2 Å². The SMILES string of the molecule is CCC1CCC(/C=C\C(C)(C)C)C1. The molecule has 0 spiro atoms. The van der Waals surface area contributed by atoms with Gasteiger partial charge in [0.05, 0.1) is 0 Å². The Morgan fingerprint density at radius 1 is 1.23 bits per heavy atom. The Hall–Kier alpha value is -0.260. The van der Waals surface area contributed by atoms with Crippen LogP contribution in [0.1, 0.15) is 53.4 Å². The summed E-state index contributed by atoms with van der Waals surface area (Å²) in [6, 6.07) is 0. The van der Waals surface area contributed by atoms with Gasteiger partial charge in [0, 0.05) is 0 Å². The highest BCUT2D eigenvalue weighted by atomic mass is 14.3. The van der Waals surface area contributed by atoms with Crippen molar-refractivity contribution >= 4 is 0 Å². The second-order valence-electron chi connectivity index (χ2n) is 5.57. The molecular formula is C13H24. The summed E-state index contributed by atoms with van der Waals surface area (Å²) in [5, 5.41) is 0. The first-order valence-electron chi connectivity index (χ1n) is 5.70. The molecular weight excluding hydrogens is 156 g/mol. The van der Waals surface area contributed by atoms with E-state index in [9.17, 15) is 0 Å². The Bertz CT molecular complexity index is 171. The predicted octanol–water partition coefficient (Wildman–Crippen LogP) is 4.42. The Kier molecular flexibility index (Phi) is 3.58. The summed E-state index contributed by atoms with van der Waals surface area (Å²) in [6.07, 6.45) is 10.5. The molecule has 0 aromatic rings. The van der Waals surface area contributed by atoms with Crippen LogP contribution in [0.2, 0.25) is 0 Å². The summed E-state index contributed by atoms with van der Waals surface area (Å²) in [4.78, 5) is 0. The van der Waals surface area contributed by atoms with E-state index in [1.54, 1.807) is 0 Å². The van der Waals surface area contributed by atoms with Crippen LogP contribution in [0.25, 0.3) is 0 Å². The lowest BCUT2D eigenvalue weighted by atomic mass is 9.93. The molecule has 1 fully saturated rings. The van der Waals surface area contributed by atoms with Crippen molar-refractivity contribution in [3.8, 4) is 0 Å². The van der Waals surface area contributed by atoms with Crippen LogP contribution in [-0.4, -0.2) is 0 Å². The summed E-state index contributed by atoms with van der Waals surface area (Å²) in [5.41, 5.74) is 0.365. The quantitative estimate of drug-likeness (QED) is 0.552. The van der Waals surface area contributed by atoms with Gasteiger partial charge in [-0.05, 0) is 36.5 Å². The van der Waals surface area contributed by atoms with Crippen molar-refractivity contribution in [3.63, 3.8) is 0 Å². The van der Waals surface area contributed by atoms with Crippen molar-refractivity contribution < 1.29 is 0 Å². The third-order valence-electron chi connectivity index (χ3n) is 3.03. The average molecular weight is 180 g/mol. The van der Waals surface area contributed by atoms with Gasteiger partial charge in [-0.2, -0.15) is 0 Å². The third-order valence-corrected chi connectivity index (χ3v) is 3.03. The van der Waals surface area contributed by atoms with E-state index in [0.29, 0.717) is 5.41 Å². The molecule has 76 valence electrons. The zero-order valence-corrected chi connectivity index (χ0v) is 9.64. The van der Waals surface area contributed by atoms with Crippen LogP contribution in [0.4, 0.5) is 0 Å². The van der Waals surface area contributed by atoms with Crippen LogP contribution in [0.5, 0.6) is 0 Å². The van der Waals surface area contributed by atoms with Crippen molar-refractivity contribution in [1.82, 2.24) is 0 Å². The minimum atomic E-state index is 0.365. The first-order valence-corrected chi connectivity index (χ1v) is 5.70. The summed E-state index contributed by atoms with van der Waals surface area (Å²) >= 11 is 0. The largest absolute Gasteiger partial charge is 0.0849 e. The molecule has 0 heterocycles. The minimum absolute atomic E-state index is 0.365. The van der Waals surface area contributed by atoms with E-state index in [0.717, 1.165) is 11.8 Å². The van der Waals surface area contributed by atoms with Gasteiger partial charge < -0.3 is 0 Å². The molecule has 1 saturated carbocycles. The van der Waals surface area contributed by atoms with Gasteiger partial charge in [-0.1, -0.05) is 46.3 Å². The van der Waals surface area contributed by atoms with Crippen LogP contribution in [0.3, 0.4) is 0 Å². The zero-order valence-electron chi connectivity index (χ0n) is 9.64. The second kappa shape index (κ2) is 4.30. The number of rotatable bonds is 2. The molecule has 0 heteroatoms. The third kappa shape index (κ3) is 3.97. The van der Waals surface area contributed by atoms with Crippen molar-refractivity contribution in [3.05, 3.63) is 12.2 Å². The van der Waals surface area contributed by atoms with E-state index in [4.69, 9.17) is 0 Å². The second-order valence-corrected chi connectivity index (χ2v) is 5.57. The van der Waals surface area contributed by atoms with Crippen LogP contribution in [0, 0.1) is 17.3 Å². The molecule has 0 radical (unpaired) electrons. The molecule has 13 heavy (non-hydrogen) atoms. The Morgan fingerprint density at radius 2 is 1.92 bits per heavy atom. The molecule has 0 aromatic heterocycles. The van der Waals surface area contributed by atoms with Gasteiger partial charge in [0.25, 0.3) is 0 Å². The van der Waals surface area contributed by atoms with Gasteiger partial charge in [-0.3, -0.25) is 0 Å². The fraction of sp³-hybridized carbons (Fsp3) is 0.846. The monoisotopic (exact) mass is 180 g/mol. The highest BCUT2D eigenvalue weighted by molar-refractivity contribution is 4.98. The first-order chi connectivity index (χ1) is 6.01. The molecule has 2 unspecified atom stereocenters. The number of allylic oxidation sites excluding steroid dienone is 2. The molecule has 0 bridgehead atoms. The molecule has 0 nitrogen and oxygen atoms in total. The predicted molar refractivity (Wildman–Crippen MR) is 59.7 cm³/mol. The molecule has 1 aliphatic rings. The fourth-order valence-electron chi connectivity index (χ4n) is 2.08. The van der Waals surface area contributed by atoms with Crippen LogP contribution < -0.4 is 0 Å². The number of hydrogen-bond acceptors (Lipinski definition) is 0. The first kappa shape index (κ1) is 10.8. The lowest BCUT2D eigenvalue weighted by Crippen LogP contribution is -2.00. The topological polar surface area (TPSA) is 0 Å². The van der Waals surface area contributed by atoms with Gasteiger partial charge in [0.2, 0.25) is 0 Å². The molecule has 0 aliphatic heterocycles. The van der Waals surface area contributed by atoms with E-state index in [1.807, 2.05) is 0 Å². The van der Waals surface area contributed by atoms with Gasteiger partial charge in [-0.25, -0.2) is 0 Å². The molecule has 0 aromatic carbocycles. The van der Waals surface area contributed by atoms with Crippen LogP contribution >= 0.6 is 0 Å². The molecule has 1 aliphatic carbocycles. The highest BCUT2D eigenvalue weighted by Gasteiger charge is 2.21. The lowest BCUT2D eigenvalue weighted by molar-refractivity contribution is 0.507. The zero-order chi connectivity index (χ0) is 9.90. The molecule has 2 atom stereocenters. The smallest absolute Gasteiger partial charge is 0.0203 e. The van der Waals surface area contributed by atoms with Crippen molar-refractivity contribution in [1.29, 1.82) is 0 Å². The van der Waals surface area contributed by atoms with Crippen molar-refractivity contribution in [2.75, 3.05) is 0 Å². The molecule has 0 saturated heterocycles. The standard InChI is InChI=1S/C13H24/c1-5-11-6-7-12(10-11)8-9-13(2,3)4/h8-9,11-12H,5-7,10H2,1-4H3/b9-8-. The van der Waals surface area contributed by atoms with E-state index >= 15 is 0 Å². The molecule has 1 rings (SSSR count). The Balaban J connectivity index is 2.36. The summed E-state index contributed by atoms with van der Waals surface area (Å²) < 4.78 is 0. The van der Waals surface area contributed by atoms with Crippen LogP contribution in [-0.2, 0) is 0 Å². The summed E-state index contributed by atoms with van der Waals surface area (Å²) in [5.74, 6) is 1.89. The van der Waals surface area contributed by atoms with Gasteiger partial charge in [0.1, 0.15) is 0 Å². The van der Waals surface area contributed by atoms with E-state index < -0.39 is 0 Å². The summed E-state index contributed by atoms with van der Waals surface area (Å²) in [6.45, 7) is 9.14. The maximum atomic E-state index is 2.45. The van der Waals surface area contributed by atoms with Crippen molar-refractivity contribution in [2.45, 2.75) is 53.4 Å². The van der Waals surface area contributed by atoms with E-state index in [1.165, 1.54) is 25.7 Å². The Labute approximate surface area is 83.4 Å². The lowest BCUT2D eigenvalue weighted by Gasteiger charge is -2.13. The van der Waals surface area contributed by atoms with Gasteiger partial charge in [-0.15, -0.1) is 0 Å². The van der Waals surface area contributed by atoms with Crippen molar-refractivity contribution in [2.24, 2.45) is 17.3 Å². The fourth-order valence-corrected chi connectivity index (χ4v) is 2.08. The average Bonchev–Trinajstić information content (AvgIpc) is 2.47. The maximum absolute atomic E-state index is 2.45. The van der Waals surface area contributed by atoms with E-state index in [2.05, 4.69) is 39.8 Å². The summed E-state index contributed by atoms with van der Waals surface area (Å²) in [7, 11) is 0. The molecule has 0 N–H and O–H groups in total. The maximum Gasteiger partial charge on any atom is -0.0203 e. The van der Waals surface area contributed by atoms with Gasteiger partial charge in [0.15, 0.2) is 0 Å². The normalized spacial score (nSPS) is 30.2. The molecule has 0 amide bonds. The highest BCUT2D eigenvalue weighted by Crippen LogP contribution is 2.34. The van der Waals surface area contributed by atoms with Gasteiger partial charge >= 0.3 is 0 Å². The Morgan fingerprint density at radius 3 is 2.38 bits per heavy atom. The number of hydrogen-bond donors (Lipinski definition) is 0. The minimum Gasteiger partial charge on any atom is -0.0849 e. The van der Waals surface area contributed by atoms with E-state index in [-0.39, 0.29) is 0 Å².